The lowest BCUT2D eigenvalue weighted by Crippen LogP contribution is -2.39. The minimum atomic E-state index is -0.474. The van der Waals surface area contributed by atoms with Crippen LogP contribution in [0, 0.1) is 5.82 Å². The molecule has 0 radical (unpaired) electrons. The second-order valence-electron chi connectivity index (χ2n) is 5.35. The van der Waals surface area contributed by atoms with Gasteiger partial charge in [-0.3, -0.25) is 9.69 Å². The Morgan fingerprint density at radius 3 is 2.67 bits per heavy atom. The van der Waals surface area contributed by atoms with Gasteiger partial charge in [0, 0.05) is 25.7 Å². The van der Waals surface area contributed by atoms with Gasteiger partial charge in [0.05, 0.1) is 5.25 Å². The van der Waals surface area contributed by atoms with E-state index in [1.165, 1.54) is 28.8 Å². The normalized spacial score (nSPS) is 15.5. The van der Waals surface area contributed by atoms with E-state index in [-0.39, 0.29) is 17.8 Å². The number of amides is 3. The van der Waals surface area contributed by atoms with Crippen molar-refractivity contribution in [1.82, 2.24) is 25.0 Å². The van der Waals surface area contributed by atoms with E-state index in [9.17, 15) is 14.0 Å². The van der Waals surface area contributed by atoms with Gasteiger partial charge in [0.15, 0.2) is 11.0 Å². The van der Waals surface area contributed by atoms with Gasteiger partial charge in [-0.15, -0.1) is 10.2 Å². The molecule has 3 rings (SSSR count). The second-order valence-corrected chi connectivity index (χ2v) is 6.66. The monoisotopic (exact) mass is 349 g/mol. The zero-order valence-electron chi connectivity index (χ0n) is 13.2. The fraction of sp³-hybridized carbons (Fsp3) is 0.333. The standard InChI is InChI=1S/C15H16FN5O2S/c1-9(13(22)21-8-7-17-14(21)23)24-15-19-18-12(20(15)2)10-3-5-11(16)6-4-10/h3-6,9H,7-8H2,1-2H3,(H,17,23)/t9-/m1/s1. The molecule has 2 heterocycles. The predicted molar refractivity (Wildman–Crippen MR) is 86.8 cm³/mol. The third-order valence-electron chi connectivity index (χ3n) is 3.69. The van der Waals surface area contributed by atoms with Crippen LogP contribution in [0.3, 0.4) is 0 Å². The van der Waals surface area contributed by atoms with Gasteiger partial charge in [-0.25, -0.2) is 9.18 Å². The molecule has 1 aromatic heterocycles. The Kier molecular flexibility index (Phi) is 4.52. The summed E-state index contributed by atoms with van der Waals surface area (Å²) in [7, 11) is 1.78. The number of halogens is 1. The summed E-state index contributed by atoms with van der Waals surface area (Å²) < 4.78 is 14.8. The highest BCUT2D eigenvalue weighted by Crippen LogP contribution is 2.26. The molecule has 1 saturated heterocycles. The maximum absolute atomic E-state index is 13.0. The number of carbonyl (C=O) groups is 2. The summed E-state index contributed by atoms with van der Waals surface area (Å²) in [5.41, 5.74) is 0.733. The average Bonchev–Trinajstić information content (AvgIpc) is 3.14. The minimum Gasteiger partial charge on any atom is -0.336 e. The average molecular weight is 349 g/mol. The molecule has 0 saturated carbocycles. The number of hydrogen-bond acceptors (Lipinski definition) is 5. The Morgan fingerprint density at radius 1 is 1.33 bits per heavy atom. The first-order valence-corrected chi connectivity index (χ1v) is 8.26. The molecule has 1 atom stereocenters. The third kappa shape index (κ3) is 3.12. The molecule has 3 amide bonds. The topological polar surface area (TPSA) is 80.1 Å². The summed E-state index contributed by atoms with van der Waals surface area (Å²) in [6, 6.07) is 5.59. The molecule has 1 fully saturated rings. The summed E-state index contributed by atoms with van der Waals surface area (Å²) in [5.74, 6) is -0.00368. The number of carbonyl (C=O) groups excluding carboxylic acids is 2. The van der Waals surface area contributed by atoms with Gasteiger partial charge < -0.3 is 9.88 Å². The van der Waals surface area contributed by atoms with Crippen molar-refractivity contribution >= 4 is 23.7 Å². The predicted octanol–water partition coefficient (Wildman–Crippen LogP) is 1.65. The van der Waals surface area contributed by atoms with Crippen LogP contribution in [-0.4, -0.2) is 49.9 Å². The quantitative estimate of drug-likeness (QED) is 0.849. The smallest absolute Gasteiger partial charge is 0.324 e. The highest BCUT2D eigenvalue weighted by Gasteiger charge is 2.31. The Bertz CT molecular complexity index is 777. The van der Waals surface area contributed by atoms with Crippen LogP contribution in [0.4, 0.5) is 9.18 Å². The van der Waals surface area contributed by atoms with Gasteiger partial charge in [0.2, 0.25) is 5.91 Å². The number of thioether (sulfide) groups is 1. The van der Waals surface area contributed by atoms with Crippen LogP contribution in [0.1, 0.15) is 6.92 Å². The lowest BCUT2D eigenvalue weighted by atomic mass is 10.2. The zero-order chi connectivity index (χ0) is 17.3. The maximum Gasteiger partial charge on any atom is 0.324 e. The van der Waals surface area contributed by atoms with Gasteiger partial charge in [-0.05, 0) is 31.2 Å². The first kappa shape index (κ1) is 16.4. The molecule has 2 aromatic rings. The van der Waals surface area contributed by atoms with Crippen molar-refractivity contribution in [2.75, 3.05) is 13.1 Å². The Balaban J connectivity index is 1.75. The lowest BCUT2D eigenvalue weighted by Gasteiger charge is -2.16. The van der Waals surface area contributed by atoms with Crippen molar-refractivity contribution < 1.29 is 14.0 Å². The summed E-state index contributed by atoms with van der Waals surface area (Å²) in [4.78, 5) is 25.1. The van der Waals surface area contributed by atoms with Crippen molar-refractivity contribution in [3.05, 3.63) is 30.1 Å². The number of rotatable bonds is 4. The highest BCUT2D eigenvalue weighted by molar-refractivity contribution is 8.00. The lowest BCUT2D eigenvalue weighted by molar-refractivity contribution is -0.126. The summed E-state index contributed by atoms with van der Waals surface area (Å²) >= 11 is 1.23. The van der Waals surface area contributed by atoms with E-state index in [0.717, 1.165) is 5.56 Å². The van der Waals surface area contributed by atoms with Crippen molar-refractivity contribution in [3.63, 3.8) is 0 Å². The molecule has 1 N–H and O–H groups in total. The summed E-state index contributed by atoms with van der Waals surface area (Å²) in [6.07, 6.45) is 0. The SMILES string of the molecule is C[C@@H](Sc1nnc(-c2ccc(F)cc2)n1C)C(=O)N1CCNC1=O. The van der Waals surface area contributed by atoms with Crippen LogP contribution in [0.25, 0.3) is 11.4 Å². The Labute approximate surface area is 142 Å². The molecule has 0 spiro atoms. The molecular formula is C15H16FN5O2S. The van der Waals surface area contributed by atoms with Gasteiger partial charge in [-0.2, -0.15) is 0 Å². The van der Waals surface area contributed by atoms with Crippen LogP contribution in [-0.2, 0) is 11.8 Å². The molecular weight excluding hydrogens is 333 g/mol. The molecule has 0 aliphatic carbocycles. The number of urea groups is 1. The Morgan fingerprint density at radius 2 is 2.04 bits per heavy atom. The largest absolute Gasteiger partial charge is 0.336 e. The molecule has 1 aliphatic rings. The van der Waals surface area contributed by atoms with Gasteiger partial charge in [0.1, 0.15) is 5.82 Å². The molecule has 7 nitrogen and oxygen atoms in total. The van der Waals surface area contributed by atoms with Crippen LogP contribution >= 0.6 is 11.8 Å². The van der Waals surface area contributed by atoms with E-state index in [2.05, 4.69) is 15.5 Å². The number of imide groups is 1. The van der Waals surface area contributed by atoms with E-state index in [4.69, 9.17) is 0 Å². The number of aromatic nitrogens is 3. The number of nitrogens with one attached hydrogen (secondary N) is 1. The van der Waals surface area contributed by atoms with Crippen LogP contribution in [0.5, 0.6) is 0 Å². The molecule has 0 bridgehead atoms. The van der Waals surface area contributed by atoms with Crippen molar-refractivity contribution in [2.45, 2.75) is 17.3 Å². The van der Waals surface area contributed by atoms with Crippen molar-refractivity contribution in [1.29, 1.82) is 0 Å². The van der Waals surface area contributed by atoms with E-state index in [0.29, 0.717) is 24.1 Å². The second kappa shape index (κ2) is 6.60. The first-order valence-electron chi connectivity index (χ1n) is 7.38. The molecule has 1 aromatic carbocycles. The van der Waals surface area contributed by atoms with Gasteiger partial charge in [0.25, 0.3) is 0 Å². The molecule has 9 heteroatoms. The minimum absolute atomic E-state index is 0.263. The molecule has 24 heavy (non-hydrogen) atoms. The Hall–Kier alpha value is -2.42. The van der Waals surface area contributed by atoms with Crippen LogP contribution in [0.2, 0.25) is 0 Å². The molecule has 126 valence electrons. The molecule has 0 unspecified atom stereocenters. The zero-order valence-corrected chi connectivity index (χ0v) is 14.0. The first-order chi connectivity index (χ1) is 11.5. The van der Waals surface area contributed by atoms with E-state index in [1.54, 1.807) is 30.7 Å². The number of benzene rings is 1. The van der Waals surface area contributed by atoms with Crippen molar-refractivity contribution in [3.8, 4) is 11.4 Å². The molecule has 1 aliphatic heterocycles. The fourth-order valence-electron chi connectivity index (χ4n) is 2.38. The van der Waals surface area contributed by atoms with E-state index in [1.807, 2.05) is 0 Å². The summed E-state index contributed by atoms with van der Waals surface area (Å²) in [6.45, 7) is 2.58. The summed E-state index contributed by atoms with van der Waals surface area (Å²) in [5, 5.41) is 10.9. The van der Waals surface area contributed by atoms with Crippen molar-refractivity contribution in [2.24, 2.45) is 7.05 Å². The highest BCUT2D eigenvalue weighted by atomic mass is 32.2. The van der Waals surface area contributed by atoms with Crippen LogP contribution < -0.4 is 5.32 Å². The number of hydrogen-bond donors (Lipinski definition) is 1. The van der Waals surface area contributed by atoms with Gasteiger partial charge >= 0.3 is 6.03 Å². The van der Waals surface area contributed by atoms with Crippen LogP contribution in [0.15, 0.2) is 29.4 Å². The van der Waals surface area contributed by atoms with E-state index < -0.39 is 5.25 Å². The van der Waals surface area contributed by atoms with Gasteiger partial charge in [-0.1, -0.05) is 11.8 Å². The number of nitrogens with zero attached hydrogens (tertiary/aromatic N) is 4. The maximum atomic E-state index is 13.0. The third-order valence-corrected chi connectivity index (χ3v) is 4.81. The van der Waals surface area contributed by atoms with E-state index >= 15 is 0 Å². The fourth-order valence-corrected chi connectivity index (χ4v) is 3.25.